The molecule has 0 spiro atoms. The molecule has 0 heterocycles. The lowest BCUT2D eigenvalue weighted by atomic mass is 9.85. The van der Waals surface area contributed by atoms with Crippen molar-refractivity contribution in [2.45, 2.75) is 273 Å². The minimum Gasteiger partial charge on any atom is -0.481 e. The molecule has 0 aromatic rings. The summed E-state index contributed by atoms with van der Waals surface area (Å²) in [5, 5.41) is 31.7. The summed E-state index contributed by atoms with van der Waals surface area (Å²) in [4.78, 5) is 26.6. The van der Waals surface area contributed by atoms with E-state index in [1.165, 1.54) is 77.0 Å². The lowest BCUT2D eigenvalue weighted by Crippen LogP contribution is -2.30. The summed E-state index contributed by atoms with van der Waals surface area (Å²) in [5.41, 5.74) is -0.634. The maximum Gasteiger partial charge on any atom is 0.306 e. The van der Waals surface area contributed by atoms with Crippen molar-refractivity contribution >= 4 is 11.9 Å². The van der Waals surface area contributed by atoms with Crippen LogP contribution in [0.25, 0.3) is 0 Å². The van der Waals surface area contributed by atoms with Crippen LogP contribution in [-0.2, 0) is 9.59 Å². The molecule has 0 aromatic carbocycles. The maximum atomic E-state index is 12.0. The molecule has 0 radical (unpaired) electrons. The summed E-state index contributed by atoms with van der Waals surface area (Å²) in [7, 11) is 0. The second kappa shape index (κ2) is 38.5. The van der Waals surface area contributed by atoms with Crippen molar-refractivity contribution in [3.63, 3.8) is 0 Å². The fourth-order valence-electron chi connectivity index (χ4n) is 9.47. The fourth-order valence-corrected chi connectivity index (χ4v) is 9.47. The van der Waals surface area contributed by atoms with Crippen molar-refractivity contribution in [1.82, 2.24) is 4.90 Å². The first-order valence-electron chi connectivity index (χ1n) is 26.1. The van der Waals surface area contributed by atoms with Gasteiger partial charge in [-0.1, -0.05) is 197 Å². The Morgan fingerprint density at radius 1 is 0.407 bits per heavy atom. The molecule has 0 amide bonds. The molecule has 352 valence electrons. The van der Waals surface area contributed by atoms with Crippen molar-refractivity contribution in [2.75, 3.05) is 19.6 Å². The van der Waals surface area contributed by atoms with Gasteiger partial charge < -0.3 is 20.2 Å². The molecule has 4 unspecified atom stereocenters. The van der Waals surface area contributed by atoms with Gasteiger partial charge >= 0.3 is 11.9 Å². The van der Waals surface area contributed by atoms with Crippen LogP contribution in [-0.4, -0.2) is 57.4 Å². The summed E-state index contributed by atoms with van der Waals surface area (Å²) < 4.78 is 0. The van der Waals surface area contributed by atoms with Gasteiger partial charge in [0.2, 0.25) is 0 Å². The lowest BCUT2D eigenvalue weighted by molar-refractivity contribution is -0.143. The average molecular weight is 836 g/mol. The van der Waals surface area contributed by atoms with Gasteiger partial charge in [-0.25, -0.2) is 0 Å². The van der Waals surface area contributed by atoms with Crippen molar-refractivity contribution in [3.8, 4) is 0 Å². The SMILES string of the molecule is CCCN(CCC)CCCCC(O)(CCCCCCC(CCCCCC(C)CCCC(C)C)C(=O)O)CCCCCCC(CCCCCC(C)CCCC(C)C)C(=O)O. The molecule has 0 aromatic heterocycles. The van der Waals surface area contributed by atoms with E-state index >= 15 is 0 Å². The Labute approximate surface area is 368 Å². The molecule has 59 heavy (non-hydrogen) atoms. The molecule has 0 saturated carbocycles. The highest BCUT2D eigenvalue weighted by Gasteiger charge is 2.26. The number of rotatable bonds is 45. The van der Waals surface area contributed by atoms with Crippen LogP contribution < -0.4 is 0 Å². The summed E-state index contributed by atoms with van der Waals surface area (Å²) in [6.07, 6.45) is 35.6. The van der Waals surface area contributed by atoms with Crippen molar-refractivity contribution in [2.24, 2.45) is 35.5 Å². The third-order valence-electron chi connectivity index (χ3n) is 13.5. The van der Waals surface area contributed by atoms with E-state index in [1.54, 1.807) is 0 Å². The predicted molar refractivity (Wildman–Crippen MR) is 255 cm³/mol. The first-order chi connectivity index (χ1) is 28.2. The number of unbranched alkanes of at least 4 members (excludes halogenated alkanes) is 11. The highest BCUT2D eigenvalue weighted by Crippen LogP contribution is 2.30. The number of hydrogen-bond donors (Lipinski definition) is 3. The van der Waals surface area contributed by atoms with Gasteiger partial charge in [-0.15, -0.1) is 0 Å². The molecule has 6 nitrogen and oxygen atoms in total. The molecule has 0 fully saturated rings. The van der Waals surface area contributed by atoms with Crippen LogP contribution >= 0.6 is 0 Å². The maximum absolute atomic E-state index is 12.0. The molecule has 3 N–H and O–H groups in total. The first-order valence-corrected chi connectivity index (χ1v) is 26.1. The number of aliphatic hydroxyl groups is 1. The van der Waals surface area contributed by atoms with Crippen LogP contribution in [0.3, 0.4) is 0 Å². The summed E-state index contributed by atoms with van der Waals surface area (Å²) in [6.45, 7) is 21.9. The topological polar surface area (TPSA) is 98.1 Å². The van der Waals surface area contributed by atoms with E-state index in [0.717, 1.165) is 178 Å². The second-order valence-electron chi connectivity index (χ2n) is 20.6. The lowest BCUT2D eigenvalue weighted by Gasteiger charge is -2.29. The molecule has 0 aliphatic rings. The summed E-state index contributed by atoms with van der Waals surface area (Å²) >= 11 is 0. The molecule has 6 heteroatoms. The first kappa shape index (κ1) is 57.9. The molecule has 0 saturated heterocycles. The third kappa shape index (κ3) is 36.1. The average Bonchev–Trinajstić information content (AvgIpc) is 3.16. The van der Waals surface area contributed by atoms with Gasteiger partial charge in [-0.3, -0.25) is 9.59 Å². The number of nitrogens with zero attached hydrogens (tertiary/aromatic N) is 1. The molecular weight excluding hydrogens is 731 g/mol. The van der Waals surface area contributed by atoms with Crippen molar-refractivity contribution in [3.05, 3.63) is 0 Å². The number of aliphatic carboxylic acids is 2. The Bertz CT molecular complexity index is 886. The molecule has 4 atom stereocenters. The quantitative estimate of drug-likeness (QED) is 0.0529. The Kier molecular flexibility index (Phi) is 37.8. The van der Waals surface area contributed by atoms with Crippen molar-refractivity contribution in [1.29, 1.82) is 0 Å². The standard InChI is InChI=1S/C53H105NO5/c1-9-42-54(43-10-2)44-26-25-41-53(59,39-23-13-11-19-35-49(51(55)56)37-21-15-17-31-47(7)33-27-29-45(3)4)40-24-14-12-20-36-50(52(57)58)38-22-16-18-32-48(8)34-28-30-46(5)6/h45-50,59H,9-44H2,1-8H3,(H,55,56)(H,57,58). The van der Waals surface area contributed by atoms with Crippen LogP contribution in [0.1, 0.15) is 267 Å². The Morgan fingerprint density at radius 3 is 1.05 bits per heavy atom. The van der Waals surface area contributed by atoms with Gasteiger partial charge in [0.05, 0.1) is 17.4 Å². The predicted octanol–water partition coefficient (Wildman–Crippen LogP) is 15.9. The highest BCUT2D eigenvalue weighted by molar-refractivity contribution is 5.70. The molecule has 0 aliphatic heterocycles. The van der Waals surface area contributed by atoms with E-state index in [9.17, 15) is 24.9 Å². The van der Waals surface area contributed by atoms with Crippen molar-refractivity contribution < 1.29 is 24.9 Å². The normalized spacial score (nSPS) is 15.2. The van der Waals surface area contributed by atoms with Gasteiger partial charge in [0.25, 0.3) is 0 Å². The zero-order valence-corrected chi connectivity index (χ0v) is 41.0. The minimum atomic E-state index is -0.634. The Balaban J connectivity index is 4.68. The Hall–Kier alpha value is -1.14. The largest absolute Gasteiger partial charge is 0.481 e. The number of carboxylic acids is 2. The molecule has 0 aliphatic carbocycles. The molecule has 0 bridgehead atoms. The number of hydrogen-bond acceptors (Lipinski definition) is 4. The second-order valence-corrected chi connectivity index (χ2v) is 20.6. The van der Waals surface area contributed by atoms with Crippen LogP contribution in [0.4, 0.5) is 0 Å². The van der Waals surface area contributed by atoms with E-state index in [1.807, 2.05) is 0 Å². The van der Waals surface area contributed by atoms with E-state index in [2.05, 4.69) is 60.3 Å². The summed E-state index contributed by atoms with van der Waals surface area (Å²) in [6, 6.07) is 0. The number of carboxylic acid groups (broad SMARTS) is 2. The van der Waals surface area contributed by atoms with Crippen LogP contribution in [0, 0.1) is 35.5 Å². The van der Waals surface area contributed by atoms with Crippen LogP contribution in [0.15, 0.2) is 0 Å². The van der Waals surface area contributed by atoms with Gasteiger partial charge in [-0.05, 0) is 114 Å². The zero-order chi connectivity index (χ0) is 44.2. The monoisotopic (exact) mass is 836 g/mol. The van der Waals surface area contributed by atoms with E-state index in [0.29, 0.717) is 0 Å². The van der Waals surface area contributed by atoms with Gasteiger partial charge in [0.1, 0.15) is 0 Å². The minimum absolute atomic E-state index is 0.218. The summed E-state index contributed by atoms with van der Waals surface area (Å²) in [5.74, 6) is 1.45. The number of carbonyl (C=O) groups is 2. The van der Waals surface area contributed by atoms with E-state index < -0.39 is 17.5 Å². The highest BCUT2D eigenvalue weighted by atomic mass is 16.4. The Morgan fingerprint density at radius 2 is 0.712 bits per heavy atom. The third-order valence-corrected chi connectivity index (χ3v) is 13.5. The van der Waals surface area contributed by atoms with Crippen LogP contribution in [0.5, 0.6) is 0 Å². The molecule has 0 rings (SSSR count). The zero-order valence-electron chi connectivity index (χ0n) is 41.0. The van der Waals surface area contributed by atoms with Gasteiger partial charge in [0.15, 0.2) is 0 Å². The van der Waals surface area contributed by atoms with Gasteiger partial charge in [0, 0.05) is 0 Å². The fraction of sp³-hybridized carbons (Fsp3) is 0.962. The molecular formula is C53H105NO5. The van der Waals surface area contributed by atoms with E-state index in [4.69, 9.17) is 0 Å². The van der Waals surface area contributed by atoms with E-state index in [-0.39, 0.29) is 11.8 Å². The van der Waals surface area contributed by atoms with Crippen LogP contribution in [0.2, 0.25) is 0 Å². The smallest absolute Gasteiger partial charge is 0.306 e. The van der Waals surface area contributed by atoms with Gasteiger partial charge in [-0.2, -0.15) is 0 Å².